The van der Waals surface area contributed by atoms with Gasteiger partial charge < -0.3 is 10.4 Å². The lowest BCUT2D eigenvalue weighted by Gasteiger charge is -2.04. The number of carboxylic acids is 1. The van der Waals surface area contributed by atoms with Crippen LogP contribution in [-0.2, 0) is 26.0 Å². The van der Waals surface area contributed by atoms with Crippen LogP contribution in [0, 0.1) is 0 Å². The molecule has 128 valence electrons. The predicted molar refractivity (Wildman–Crippen MR) is 88.3 cm³/mol. The lowest BCUT2D eigenvalue weighted by Crippen LogP contribution is -2.27. The molecule has 0 spiro atoms. The van der Waals surface area contributed by atoms with E-state index in [1.165, 1.54) is 12.1 Å². The fourth-order valence-corrected chi connectivity index (χ4v) is 3.73. The van der Waals surface area contributed by atoms with Crippen molar-refractivity contribution in [2.24, 2.45) is 0 Å². The van der Waals surface area contributed by atoms with Crippen molar-refractivity contribution in [1.29, 1.82) is 0 Å². The first-order chi connectivity index (χ1) is 11.4. The number of hydrogen-bond acceptors (Lipinski definition) is 6. The van der Waals surface area contributed by atoms with Crippen LogP contribution in [0.25, 0.3) is 0 Å². The first kappa shape index (κ1) is 17.9. The maximum atomic E-state index is 12.2. The van der Waals surface area contributed by atoms with Crippen LogP contribution in [0.1, 0.15) is 12.1 Å². The fraction of sp³-hybridized carbons (Fsp3) is 0.214. The van der Waals surface area contributed by atoms with Crippen molar-refractivity contribution in [3.63, 3.8) is 0 Å². The fourth-order valence-electron chi connectivity index (χ4n) is 1.74. The molecule has 0 aliphatic carbocycles. The third-order valence-electron chi connectivity index (χ3n) is 2.83. The molecule has 0 unspecified atom stereocenters. The Morgan fingerprint density at radius 2 is 1.92 bits per heavy atom. The van der Waals surface area contributed by atoms with Crippen LogP contribution < -0.4 is 10.0 Å². The summed E-state index contributed by atoms with van der Waals surface area (Å²) in [5.41, 5.74) is 0.401. The maximum Gasteiger partial charge on any atom is 0.305 e. The molecule has 1 aromatic carbocycles. The van der Waals surface area contributed by atoms with Gasteiger partial charge in [-0.3, -0.25) is 14.3 Å². The number of anilines is 1. The highest BCUT2D eigenvalue weighted by molar-refractivity contribution is 7.93. The molecular weight excluding hydrogens is 354 g/mol. The van der Waals surface area contributed by atoms with Crippen molar-refractivity contribution in [3.05, 3.63) is 41.4 Å². The number of aromatic nitrogens is 1. The molecule has 1 aromatic heterocycles. The van der Waals surface area contributed by atoms with Crippen LogP contribution in [0.15, 0.2) is 40.6 Å². The number of carbonyl (C=O) groups is 2. The number of aliphatic carboxylic acids is 1. The van der Waals surface area contributed by atoms with Gasteiger partial charge in [0.2, 0.25) is 5.91 Å². The lowest BCUT2D eigenvalue weighted by atomic mass is 10.3. The summed E-state index contributed by atoms with van der Waals surface area (Å²) in [5, 5.41) is 12.7. The van der Waals surface area contributed by atoms with Crippen LogP contribution in [-0.4, -0.2) is 36.9 Å². The molecule has 10 heteroatoms. The summed E-state index contributed by atoms with van der Waals surface area (Å²) in [7, 11) is -3.72. The lowest BCUT2D eigenvalue weighted by molar-refractivity contribution is -0.136. The minimum Gasteiger partial charge on any atom is -0.481 e. The average Bonchev–Trinajstić information content (AvgIpc) is 2.94. The second-order valence-corrected chi connectivity index (χ2v) is 7.27. The van der Waals surface area contributed by atoms with Gasteiger partial charge in [0.1, 0.15) is 0 Å². The third kappa shape index (κ3) is 5.32. The van der Waals surface area contributed by atoms with Gasteiger partial charge in [0.05, 0.1) is 23.4 Å². The molecule has 8 nitrogen and oxygen atoms in total. The van der Waals surface area contributed by atoms with Gasteiger partial charge in [0.25, 0.3) is 10.0 Å². The van der Waals surface area contributed by atoms with E-state index in [1.807, 2.05) is 0 Å². The Bertz CT molecular complexity index is 818. The molecule has 0 saturated heterocycles. The molecule has 0 atom stereocenters. The smallest absolute Gasteiger partial charge is 0.305 e. The Hall–Kier alpha value is -2.46. The van der Waals surface area contributed by atoms with Crippen LogP contribution in [0.2, 0.25) is 0 Å². The number of rotatable bonds is 8. The number of carboxylic acid groups (broad SMARTS) is 1. The summed E-state index contributed by atoms with van der Waals surface area (Å²) in [4.78, 5) is 26.2. The number of thiazole rings is 1. The first-order valence-corrected chi connectivity index (χ1v) is 9.24. The van der Waals surface area contributed by atoms with Gasteiger partial charge in [0.15, 0.2) is 5.13 Å². The van der Waals surface area contributed by atoms with Crippen molar-refractivity contribution in [2.75, 3.05) is 11.3 Å². The third-order valence-corrected chi connectivity index (χ3v) is 5.12. The van der Waals surface area contributed by atoms with Gasteiger partial charge in [-0.2, -0.15) is 0 Å². The highest BCUT2D eigenvalue weighted by Gasteiger charge is 2.16. The zero-order valence-corrected chi connectivity index (χ0v) is 14.1. The number of nitrogens with one attached hydrogen (secondary N) is 2. The molecule has 1 amide bonds. The number of hydrogen-bond donors (Lipinski definition) is 3. The molecular formula is C14H15N3O5S2. The molecule has 0 fully saturated rings. The Kier molecular flexibility index (Phi) is 5.88. The topological polar surface area (TPSA) is 125 Å². The van der Waals surface area contributed by atoms with Gasteiger partial charge in [-0.1, -0.05) is 18.2 Å². The molecule has 24 heavy (non-hydrogen) atoms. The van der Waals surface area contributed by atoms with Crippen molar-refractivity contribution < 1.29 is 23.1 Å². The van der Waals surface area contributed by atoms with E-state index in [1.54, 1.807) is 23.6 Å². The molecule has 1 heterocycles. The number of nitrogens with zero attached hydrogens (tertiary/aromatic N) is 1. The van der Waals surface area contributed by atoms with Crippen LogP contribution in [0.4, 0.5) is 5.13 Å². The molecule has 0 bridgehead atoms. The maximum absolute atomic E-state index is 12.2. The van der Waals surface area contributed by atoms with Crippen LogP contribution in [0.5, 0.6) is 0 Å². The summed E-state index contributed by atoms with van der Waals surface area (Å²) >= 11 is 1.07. The van der Waals surface area contributed by atoms with Gasteiger partial charge in [0, 0.05) is 11.9 Å². The molecule has 0 saturated carbocycles. The van der Waals surface area contributed by atoms with Crippen molar-refractivity contribution in [2.45, 2.75) is 17.7 Å². The normalized spacial score (nSPS) is 11.0. The Balaban J connectivity index is 1.93. The van der Waals surface area contributed by atoms with E-state index >= 15 is 0 Å². The van der Waals surface area contributed by atoms with Crippen LogP contribution >= 0.6 is 11.3 Å². The first-order valence-electron chi connectivity index (χ1n) is 6.87. The summed E-state index contributed by atoms with van der Waals surface area (Å²) in [5.74, 6) is -1.37. The van der Waals surface area contributed by atoms with E-state index in [0.29, 0.717) is 5.69 Å². The second-order valence-electron chi connectivity index (χ2n) is 4.73. The SMILES string of the molecule is O=C(O)CCNC(=O)Cc1csc(NS(=O)(=O)c2ccccc2)n1. The number of benzene rings is 1. The molecule has 2 rings (SSSR count). The summed E-state index contributed by atoms with van der Waals surface area (Å²) in [6, 6.07) is 7.87. The average molecular weight is 369 g/mol. The Morgan fingerprint density at radius 3 is 2.58 bits per heavy atom. The van der Waals surface area contributed by atoms with E-state index in [-0.39, 0.29) is 35.3 Å². The zero-order chi connectivity index (χ0) is 17.6. The van der Waals surface area contributed by atoms with E-state index in [4.69, 9.17) is 5.11 Å². The second kappa shape index (κ2) is 7.88. The van der Waals surface area contributed by atoms with Gasteiger partial charge in [-0.05, 0) is 12.1 Å². The van der Waals surface area contributed by atoms with E-state index in [0.717, 1.165) is 11.3 Å². The quantitative estimate of drug-likeness (QED) is 0.639. The van der Waals surface area contributed by atoms with Gasteiger partial charge in [-0.25, -0.2) is 13.4 Å². The Labute approximate surface area is 142 Å². The summed E-state index contributed by atoms with van der Waals surface area (Å²) in [6.07, 6.45) is -0.214. The van der Waals surface area contributed by atoms with Crippen molar-refractivity contribution in [3.8, 4) is 0 Å². The zero-order valence-electron chi connectivity index (χ0n) is 12.4. The highest BCUT2D eigenvalue weighted by atomic mass is 32.2. The number of carbonyl (C=O) groups excluding carboxylic acids is 1. The van der Waals surface area contributed by atoms with E-state index in [2.05, 4.69) is 15.0 Å². The number of amides is 1. The highest BCUT2D eigenvalue weighted by Crippen LogP contribution is 2.20. The summed E-state index contributed by atoms with van der Waals surface area (Å²) < 4.78 is 26.7. The summed E-state index contributed by atoms with van der Waals surface area (Å²) in [6.45, 7) is 0.0335. The van der Waals surface area contributed by atoms with Crippen molar-refractivity contribution >= 4 is 38.4 Å². The molecule has 2 aromatic rings. The monoisotopic (exact) mass is 369 g/mol. The van der Waals surface area contributed by atoms with Gasteiger partial charge in [-0.15, -0.1) is 11.3 Å². The van der Waals surface area contributed by atoms with E-state index < -0.39 is 16.0 Å². The standard InChI is InChI=1S/C14H15N3O5S2/c18-12(15-7-6-13(19)20)8-10-9-23-14(16-10)17-24(21,22)11-4-2-1-3-5-11/h1-5,9H,6-8H2,(H,15,18)(H,16,17)(H,19,20). The van der Waals surface area contributed by atoms with Crippen LogP contribution in [0.3, 0.4) is 0 Å². The Morgan fingerprint density at radius 1 is 1.21 bits per heavy atom. The van der Waals surface area contributed by atoms with Crippen molar-refractivity contribution in [1.82, 2.24) is 10.3 Å². The predicted octanol–water partition coefficient (Wildman–Crippen LogP) is 1.08. The van der Waals surface area contributed by atoms with E-state index in [9.17, 15) is 18.0 Å². The molecule has 3 N–H and O–H groups in total. The minimum atomic E-state index is -3.72. The molecule has 0 aliphatic heterocycles. The van der Waals surface area contributed by atoms with Gasteiger partial charge >= 0.3 is 5.97 Å². The minimum absolute atomic E-state index is 0.0335. The molecule has 0 radical (unpaired) electrons. The molecule has 0 aliphatic rings. The number of sulfonamides is 1. The largest absolute Gasteiger partial charge is 0.481 e.